The summed E-state index contributed by atoms with van der Waals surface area (Å²) in [5.74, 6) is 1.07. The van der Waals surface area contributed by atoms with Gasteiger partial charge in [-0.15, -0.1) is 0 Å². The summed E-state index contributed by atoms with van der Waals surface area (Å²) in [6.07, 6.45) is 20.1. The molecule has 1 fully saturated rings. The van der Waals surface area contributed by atoms with Crippen molar-refractivity contribution in [3.8, 4) is 0 Å². The molecule has 0 bridgehead atoms. The van der Waals surface area contributed by atoms with Crippen molar-refractivity contribution in [3.05, 3.63) is 34.9 Å². The first-order chi connectivity index (χ1) is 10.4. The lowest BCUT2D eigenvalue weighted by atomic mass is 9.85. The summed E-state index contributed by atoms with van der Waals surface area (Å²) in [5.41, 5.74) is 4.87. The van der Waals surface area contributed by atoms with Crippen LogP contribution in [-0.2, 0) is 19.3 Å². The summed E-state index contributed by atoms with van der Waals surface area (Å²) in [5, 5.41) is 0. The molecule has 0 nitrogen and oxygen atoms in total. The Balaban J connectivity index is 1.35. The van der Waals surface area contributed by atoms with Crippen LogP contribution in [0.3, 0.4) is 0 Å². The maximum atomic E-state index is 2.51. The number of aryl methyl sites for hydroxylation is 3. The molecule has 21 heavy (non-hydrogen) atoms. The molecule has 0 saturated heterocycles. The van der Waals surface area contributed by atoms with E-state index in [0.717, 1.165) is 5.92 Å². The van der Waals surface area contributed by atoms with E-state index in [9.17, 15) is 0 Å². The number of hydrogen-bond donors (Lipinski definition) is 0. The van der Waals surface area contributed by atoms with E-state index in [0.29, 0.717) is 0 Å². The maximum Gasteiger partial charge on any atom is -0.0276 e. The number of fused-ring (bicyclic) bond motifs is 1. The van der Waals surface area contributed by atoms with Crippen LogP contribution < -0.4 is 0 Å². The van der Waals surface area contributed by atoms with Crippen molar-refractivity contribution in [1.82, 2.24) is 0 Å². The van der Waals surface area contributed by atoms with Gasteiger partial charge < -0.3 is 0 Å². The van der Waals surface area contributed by atoms with Gasteiger partial charge in [0.2, 0.25) is 0 Å². The third kappa shape index (κ3) is 4.59. The van der Waals surface area contributed by atoms with Crippen LogP contribution in [0.15, 0.2) is 18.2 Å². The van der Waals surface area contributed by atoms with E-state index >= 15 is 0 Å². The average Bonchev–Trinajstić information content (AvgIpc) is 2.55. The highest BCUT2D eigenvalue weighted by molar-refractivity contribution is 5.33. The second kappa shape index (κ2) is 8.01. The van der Waals surface area contributed by atoms with Crippen LogP contribution in [0, 0.1) is 5.92 Å². The molecule has 0 aromatic heterocycles. The van der Waals surface area contributed by atoms with Crippen molar-refractivity contribution in [3.63, 3.8) is 0 Å². The van der Waals surface area contributed by atoms with Crippen molar-refractivity contribution >= 4 is 0 Å². The number of benzene rings is 1. The van der Waals surface area contributed by atoms with Gasteiger partial charge in [-0.05, 0) is 61.1 Å². The molecule has 1 saturated carbocycles. The van der Waals surface area contributed by atoms with Crippen LogP contribution in [0.5, 0.6) is 0 Å². The van der Waals surface area contributed by atoms with E-state index in [2.05, 4.69) is 18.2 Å². The molecule has 2 aliphatic rings. The zero-order chi connectivity index (χ0) is 14.3. The molecule has 3 rings (SSSR count). The molecule has 0 N–H and O–H groups in total. The molecule has 0 amide bonds. The highest BCUT2D eigenvalue weighted by atomic mass is 14.2. The molecule has 0 spiro atoms. The van der Waals surface area contributed by atoms with Gasteiger partial charge in [0.05, 0.1) is 0 Å². The number of unbranched alkanes of at least 4 members (excludes halogenated alkanes) is 2. The van der Waals surface area contributed by atoms with E-state index in [1.165, 1.54) is 89.9 Å². The summed E-state index contributed by atoms with van der Waals surface area (Å²) < 4.78 is 0. The second-order valence-corrected chi connectivity index (χ2v) is 7.41. The van der Waals surface area contributed by atoms with Gasteiger partial charge in [0.1, 0.15) is 0 Å². The minimum atomic E-state index is 1.07. The molecule has 2 aliphatic carbocycles. The predicted octanol–water partition coefficient (Wildman–Crippen LogP) is 6.25. The smallest absolute Gasteiger partial charge is 0.0276 e. The Bertz CT molecular complexity index is 426. The zero-order valence-corrected chi connectivity index (χ0v) is 13.7. The van der Waals surface area contributed by atoms with E-state index in [1.807, 2.05) is 0 Å². The van der Waals surface area contributed by atoms with E-state index in [4.69, 9.17) is 0 Å². The minimum absolute atomic E-state index is 1.07. The van der Waals surface area contributed by atoms with Gasteiger partial charge in [-0.2, -0.15) is 0 Å². The number of rotatable bonds is 6. The number of hydrogen-bond acceptors (Lipinski definition) is 0. The first kappa shape index (κ1) is 15.1. The van der Waals surface area contributed by atoms with E-state index < -0.39 is 0 Å². The Morgan fingerprint density at radius 2 is 1.57 bits per heavy atom. The average molecular weight is 284 g/mol. The topological polar surface area (TPSA) is 0 Å². The fourth-order valence-corrected chi connectivity index (χ4v) is 4.36. The molecule has 0 aliphatic heterocycles. The predicted molar refractivity (Wildman–Crippen MR) is 91.8 cm³/mol. The highest BCUT2D eigenvalue weighted by Gasteiger charge is 2.12. The second-order valence-electron chi connectivity index (χ2n) is 7.41. The lowest BCUT2D eigenvalue weighted by Gasteiger charge is -2.21. The molecule has 0 heterocycles. The molecule has 1 aromatic rings. The zero-order valence-electron chi connectivity index (χ0n) is 13.7. The van der Waals surface area contributed by atoms with Crippen molar-refractivity contribution in [2.45, 2.75) is 89.9 Å². The van der Waals surface area contributed by atoms with Crippen LogP contribution >= 0.6 is 0 Å². The Morgan fingerprint density at radius 1 is 0.762 bits per heavy atom. The minimum Gasteiger partial charge on any atom is -0.0588 e. The summed E-state index contributed by atoms with van der Waals surface area (Å²) in [6.45, 7) is 0. The third-order valence-corrected chi connectivity index (χ3v) is 5.72. The molecular weight excluding hydrogens is 252 g/mol. The third-order valence-electron chi connectivity index (χ3n) is 5.72. The first-order valence-electron chi connectivity index (χ1n) is 9.52. The van der Waals surface area contributed by atoms with Crippen LogP contribution in [0.1, 0.15) is 87.3 Å². The fraction of sp³-hybridized carbons (Fsp3) is 0.714. The van der Waals surface area contributed by atoms with Crippen LogP contribution in [-0.4, -0.2) is 0 Å². The molecule has 1 aromatic carbocycles. The molecule has 0 atom stereocenters. The molecule has 116 valence electrons. The monoisotopic (exact) mass is 284 g/mol. The van der Waals surface area contributed by atoms with Crippen molar-refractivity contribution in [2.24, 2.45) is 5.92 Å². The van der Waals surface area contributed by atoms with Crippen LogP contribution in [0.4, 0.5) is 0 Å². The summed E-state index contributed by atoms with van der Waals surface area (Å²) in [7, 11) is 0. The Kier molecular flexibility index (Phi) is 5.77. The van der Waals surface area contributed by atoms with Crippen molar-refractivity contribution < 1.29 is 0 Å². The Morgan fingerprint density at radius 3 is 2.43 bits per heavy atom. The van der Waals surface area contributed by atoms with Gasteiger partial charge in [-0.1, -0.05) is 69.6 Å². The SMILES string of the molecule is c1cc2c(cc1CCCCCC1CCCCC1)CCCC2. The molecule has 0 heteroatoms. The quantitative estimate of drug-likeness (QED) is 0.542. The molecule has 0 radical (unpaired) electrons. The lowest BCUT2D eigenvalue weighted by molar-refractivity contribution is 0.328. The fourth-order valence-electron chi connectivity index (χ4n) is 4.36. The van der Waals surface area contributed by atoms with Crippen LogP contribution in [0.2, 0.25) is 0 Å². The van der Waals surface area contributed by atoms with Crippen molar-refractivity contribution in [1.29, 1.82) is 0 Å². The highest BCUT2D eigenvalue weighted by Crippen LogP contribution is 2.28. The van der Waals surface area contributed by atoms with Gasteiger partial charge in [0, 0.05) is 0 Å². The van der Waals surface area contributed by atoms with Gasteiger partial charge >= 0.3 is 0 Å². The van der Waals surface area contributed by atoms with Gasteiger partial charge in [0.25, 0.3) is 0 Å². The van der Waals surface area contributed by atoms with Gasteiger partial charge in [0.15, 0.2) is 0 Å². The van der Waals surface area contributed by atoms with Crippen molar-refractivity contribution in [2.75, 3.05) is 0 Å². The summed E-state index contributed by atoms with van der Waals surface area (Å²) in [6, 6.07) is 7.31. The Hall–Kier alpha value is -0.780. The summed E-state index contributed by atoms with van der Waals surface area (Å²) >= 11 is 0. The lowest BCUT2D eigenvalue weighted by Crippen LogP contribution is -2.06. The Labute approximate surface area is 131 Å². The maximum absolute atomic E-state index is 2.51. The van der Waals surface area contributed by atoms with Gasteiger partial charge in [-0.3, -0.25) is 0 Å². The van der Waals surface area contributed by atoms with E-state index in [1.54, 1.807) is 16.7 Å². The van der Waals surface area contributed by atoms with Gasteiger partial charge in [-0.25, -0.2) is 0 Å². The standard InChI is InChI=1S/C21H32/c1-3-9-18(10-4-1)11-5-2-6-12-19-15-16-20-13-7-8-14-21(20)17-19/h15-18H,1-14H2. The molecule has 0 unspecified atom stereocenters. The van der Waals surface area contributed by atoms with Crippen LogP contribution in [0.25, 0.3) is 0 Å². The van der Waals surface area contributed by atoms with E-state index in [-0.39, 0.29) is 0 Å². The largest absolute Gasteiger partial charge is 0.0588 e. The normalized spacial score (nSPS) is 19.4. The first-order valence-corrected chi connectivity index (χ1v) is 9.52. The summed E-state index contributed by atoms with van der Waals surface area (Å²) in [4.78, 5) is 0. The molecular formula is C21H32.